The molecule has 1 aromatic carbocycles. The van der Waals surface area contributed by atoms with Crippen LogP contribution < -0.4 is 11.1 Å². The first-order valence-corrected chi connectivity index (χ1v) is 7.78. The zero-order chi connectivity index (χ0) is 13.8. The zero-order valence-electron chi connectivity index (χ0n) is 11.0. The lowest BCUT2D eigenvalue weighted by Gasteiger charge is -2.31. The molecule has 0 aromatic heterocycles. The lowest BCUT2D eigenvalue weighted by Crippen LogP contribution is -2.43. The van der Waals surface area contributed by atoms with Crippen LogP contribution in [0.15, 0.2) is 18.2 Å². The Bertz CT molecular complexity index is 447. The van der Waals surface area contributed by atoms with Crippen LogP contribution in [0.5, 0.6) is 0 Å². The minimum absolute atomic E-state index is 0.167. The highest BCUT2D eigenvalue weighted by molar-refractivity contribution is 7.99. The number of rotatable bonds is 3. The van der Waals surface area contributed by atoms with Crippen LogP contribution in [0.1, 0.15) is 36.0 Å². The average molecular weight is 282 g/mol. The monoisotopic (exact) mass is 282 g/mol. The van der Waals surface area contributed by atoms with Crippen molar-refractivity contribution in [3.8, 4) is 0 Å². The third kappa shape index (κ3) is 3.62. The first-order chi connectivity index (χ1) is 9.10. The number of anilines is 1. The number of nitrogens with one attached hydrogen (secondary N) is 1. The van der Waals surface area contributed by atoms with E-state index in [0.29, 0.717) is 10.8 Å². The molecule has 1 aromatic rings. The summed E-state index contributed by atoms with van der Waals surface area (Å²) in [5.74, 6) is -0.715. The number of nitrogen functional groups attached to an aromatic ring is 1. The Kier molecular flexibility index (Phi) is 4.69. The van der Waals surface area contributed by atoms with Crippen molar-refractivity contribution in [2.75, 3.05) is 12.0 Å². The molecule has 104 valence electrons. The summed E-state index contributed by atoms with van der Waals surface area (Å²) in [6, 6.07) is 4.11. The Morgan fingerprint density at radius 1 is 1.37 bits per heavy atom. The maximum absolute atomic E-state index is 13.2. The molecule has 0 bridgehead atoms. The molecule has 1 aliphatic rings. The van der Waals surface area contributed by atoms with E-state index in [1.807, 2.05) is 0 Å². The van der Waals surface area contributed by atoms with Crippen molar-refractivity contribution in [1.29, 1.82) is 0 Å². The zero-order valence-corrected chi connectivity index (χ0v) is 11.8. The molecule has 3 nitrogen and oxygen atoms in total. The van der Waals surface area contributed by atoms with Crippen molar-refractivity contribution in [3.05, 3.63) is 29.6 Å². The van der Waals surface area contributed by atoms with E-state index in [1.165, 1.54) is 24.6 Å². The fourth-order valence-electron chi connectivity index (χ4n) is 2.54. The number of thioether (sulfide) groups is 1. The SMILES string of the molecule is CSC1CCCCC1NC(=O)c1cc(N)cc(F)c1. The number of carbonyl (C=O) groups is 1. The van der Waals surface area contributed by atoms with Gasteiger partial charge in [0.2, 0.25) is 0 Å². The molecule has 0 saturated heterocycles. The van der Waals surface area contributed by atoms with Crippen LogP contribution in [-0.2, 0) is 0 Å². The third-order valence-electron chi connectivity index (χ3n) is 3.50. The highest BCUT2D eigenvalue weighted by Gasteiger charge is 2.26. The van der Waals surface area contributed by atoms with Gasteiger partial charge in [-0.05, 0) is 37.3 Å². The van der Waals surface area contributed by atoms with E-state index >= 15 is 0 Å². The smallest absolute Gasteiger partial charge is 0.251 e. The van der Waals surface area contributed by atoms with E-state index in [-0.39, 0.29) is 17.6 Å². The Hall–Kier alpha value is -1.23. The van der Waals surface area contributed by atoms with Crippen LogP contribution >= 0.6 is 11.8 Å². The Morgan fingerprint density at radius 3 is 2.79 bits per heavy atom. The van der Waals surface area contributed by atoms with E-state index in [4.69, 9.17) is 5.73 Å². The molecule has 19 heavy (non-hydrogen) atoms. The van der Waals surface area contributed by atoms with Gasteiger partial charge < -0.3 is 11.1 Å². The Morgan fingerprint density at radius 2 is 2.11 bits per heavy atom. The highest BCUT2D eigenvalue weighted by atomic mass is 32.2. The summed E-state index contributed by atoms with van der Waals surface area (Å²) in [7, 11) is 0. The molecule has 0 aliphatic heterocycles. The van der Waals surface area contributed by atoms with Gasteiger partial charge in [-0.2, -0.15) is 11.8 Å². The molecule has 1 fully saturated rings. The molecular weight excluding hydrogens is 263 g/mol. The van der Waals surface area contributed by atoms with E-state index < -0.39 is 5.82 Å². The van der Waals surface area contributed by atoms with Gasteiger partial charge in [0.1, 0.15) is 5.82 Å². The van der Waals surface area contributed by atoms with Crippen LogP contribution in [-0.4, -0.2) is 23.5 Å². The third-order valence-corrected chi connectivity index (χ3v) is 4.67. The van der Waals surface area contributed by atoms with Crippen LogP contribution in [0.3, 0.4) is 0 Å². The quantitative estimate of drug-likeness (QED) is 0.838. The second-order valence-corrected chi connectivity index (χ2v) is 5.99. The summed E-state index contributed by atoms with van der Waals surface area (Å²) in [5.41, 5.74) is 6.13. The minimum atomic E-state index is -0.477. The number of amides is 1. The van der Waals surface area contributed by atoms with Gasteiger partial charge in [-0.15, -0.1) is 0 Å². The first kappa shape index (κ1) is 14.2. The van der Waals surface area contributed by atoms with Gasteiger partial charge in [0.15, 0.2) is 0 Å². The first-order valence-electron chi connectivity index (χ1n) is 6.50. The molecular formula is C14H19FN2OS. The van der Waals surface area contributed by atoms with Crippen molar-refractivity contribution in [1.82, 2.24) is 5.32 Å². The molecule has 2 rings (SSSR count). The van der Waals surface area contributed by atoms with Crippen LogP contribution in [0, 0.1) is 5.82 Å². The molecule has 0 radical (unpaired) electrons. The Labute approximate surface area is 117 Å². The van der Waals surface area contributed by atoms with Gasteiger partial charge in [0.05, 0.1) is 0 Å². The summed E-state index contributed by atoms with van der Waals surface area (Å²) in [4.78, 5) is 12.1. The van der Waals surface area contributed by atoms with Crippen LogP contribution in [0.4, 0.5) is 10.1 Å². The maximum Gasteiger partial charge on any atom is 0.251 e. The molecule has 5 heteroatoms. The fourth-order valence-corrected chi connectivity index (χ4v) is 3.47. The predicted molar refractivity (Wildman–Crippen MR) is 77.8 cm³/mol. The summed E-state index contributed by atoms with van der Waals surface area (Å²) < 4.78 is 13.2. The molecule has 1 aliphatic carbocycles. The number of hydrogen-bond donors (Lipinski definition) is 2. The number of hydrogen-bond acceptors (Lipinski definition) is 3. The molecule has 0 heterocycles. The van der Waals surface area contributed by atoms with Gasteiger partial charge in [0.25, 0.3) is 5.91 Å². The number of carbonyl (C=O) groups excluding carboxylic acids is 1. The fraction of sp³-hybridized carbons (Fsp3) is 0.500. The van der Waals surface area contributed by atoms with E-state index in [2.05, 4.69) is 11.6 Å². The molecule has 0 spiro atoms. The lowest BCUT2D eigenvalue weighted by molar-refractivity contribution is 0.0929. The van der Waals surface area contributed by atoms with Crippen molar-refractivity contribution in [3.63, 3.8) is 0 Å². The number of halogens is 1. The highest BCUT2D eigenvalue weighted by Crippen LogP contribution is 2.27. The summed E-state index contributed by atoms with van der Waals surface area (Å²) >= 11 is 1.78. The molecule has 2 unspecified atom stereocenters. The van der Waals surface area contributed by atoms with E-state index in [9.17, 15) is 9.18 Å². The second kappa shape index (κ2) is 6.28. The lowest BCUT2D eigenvalue weighted by atomic mass is 9.94. The van der Waals surface area contributed by atoms with Gasteiger partial charge in [0, 0.05) is 22.5 Å². The van der Waals surface area contributed by atoms with E-state index in [1.54, 1.807) is 11.8 Å². The average Bonchev–Trinajstić information content (AvgIpc) is 2.38. The molecule has 3 N–H and O–H groups in total. The standard InChI is InChI=1S/C14H19FN2OS/c1-19-13-5-3-2-4-12(13)17-14(18)9-6-10(15)8-11(16)7-9/h6-8,12-13H,2-5,16H2,1H3,(H,17,18). The van der Waals surface area contributed by atoms with Crippen molar-refractivity contribution in [2.24, 2.45) is 0 Å². The van der Waals surface area contributed by atoms with Gasteiger partial charge in [-0.25, -0.2) is 4.39 Å². The Balaban J connectivity index is 2.07. The minimum Gasteiger partial charge on any atom is -0.399 e. The van der Waals surface area contributed by atoms with Gasteiger partial charge in [-0.3, -0.25) is 4.79 Å². The topological polar surface area (TPSA) is 55.1 Å². The molecule has 1 saturated carbocycles. The van der Waals surface area contributed by atoms with Crippen LogP contribution in [0.2, 0.25) is 0 Å². The predicted octanol–water partition coefficient (Wildman–Crippen LogP) is 2.81. The summed E-state index contributed by atoms with van der Waals surface area (Å²) in [5, 5.41) is 3.46. The van der Waals surface area contributed by atoms with Crippen molar-refractivity contribution < 1.29 is 9.18 Å². The van der Waals surface area contributed by atoms with Crippen molar-refractivity contribution >= 4 is 23.4 Å². The normalized spacial score (nSPS) is 23.1. The molecule has 2 atom stereocenters. The van der Waals surface area contributed by atoms with Crippen LogP contribution in [0.25, 0.3) is 0 Å². The largest absolute Gasteiger partial charge is 0.399 e. The number of benzene rings is 1. The van der Waals surface area contributed by atoms with E-state index in [0.717, 1.165) is 19.3 Å². The molecule has 1 amide bonds. The van der Waals surface area contributed by atoms with Crippen molar-refractivity contribution in [2.45, 2.75) is 37.0 Å². The van der Waals surface area contributed by atoms with Gasteiger partial charge >= 0.3 is 0 Å². The second-order valence-electron chi connectivity index (χ2n) is 4.91. The maximum atomic E-state index is 13.2. The summed E-state index contributed by atoms with van der Waals surface area (Å²) in [6.45, 7) is 0. The number of nitrogens with two attached hydrogens (primary N) is 1. The van der Waals surface area contributed by atoms with Gasteiger partial charge in [-0.1, -0.05) is 12.8 Å². The summed E-state index contributed by atoms with van der Waals surface area (Å²) in [6.07, 6.45) is 6.52.